The minimum atomic E-state index is -0.318. The van der Waals surface area contributed by atoms with E-state index in [1.54, 1.807) is 0 Å². The van der Waals surface area contributed by atoms with E-state index in [2.05, 4.69) is 10.1 Å². The minimum Gasteiger partial charge on any atom is -0.462 e. The molecule has 0 saturated heterocycles. The van der Waals surface area contributed by atoms with Gasteiger partial charge < -0.3 is 10.1 Å². The van der Waals surface area contributed by atoms with Crippen LogP contribution in [0.5, 0.6) is 0 Å². The van der Waals surface area contributed by atoms with Crippen molar-refractivity contribution < 1.29 is 14.3 Å². The molecule has 0 aliphatic carbocycles. The molecule has 0 aliphatic rings. The van der Waals surface area contributed by atoms with Crippen molar-refractivity contribution in [2.75, 3.05) is 7.05 Å². The molecule has 4 heteroatoms. The Balaban J connectivity index is 0. The van der Waals surface area contributed by atoms with E-state index in [-0.39, 0.29) is 5.60 Å². The maximum Gasteiger partial charge on any atom is 0.293 e. The van der Waals surface area contributed by atoms with E-state index in [1.807, 2.05) is 41.7 Å². The van der Waals surface area contributed by atoms with Crippen LogP contribution in [-0.2, 0) is 14.3 Å². The predicted molar refractivity (Wildman–Crippen MR) is 65.3 cm³/mol. The molecule has 0 spiro atoms. The average Bonchev–Trinajstić information content (AvgIpc) is 2.16. The Bertz CT molecular complexity index is 197. The fraction of sp³-hybridized carbons (Fsp3) is 0.833. The molecule has 0 aliphatic heterocycles. The monoisotopic (exact) mass is 231 g/mol. The Morgan fingerprint density at radius 1 is 1.44 bits per heavy atom. The highest BCUT2D eigenvalue weighted by Crippen LogP contribution is 2.02. The number of hydrogen-bond donors (Lipinski definition) is 1. The van der Waals surface area contributed by atoms with Gasteiger partial charge >= 0.3 is 0 Å². The summed E-state index contributed by atoms with van der Waals surface area (Å²) in [5, 5.41) is 3.01. The second-order valence-corrected chi connectivity index (χ2v) is 4.61. The van der Waals surface area contributed by atoms with Crippen molar-refractivity contribution in [3.63, 3.8) is 0 Å². The van der Waals surface area contributed by atoms with Crippen LogP contribution in [0.1, 0.15) is 47.5 Å². The topological polar surface area (TPSA) is 55.4 Å². The number of rotatable bonds is 5. The van der Waals surface area contributed by atoms with Gasteiger partial charge in [-0.15, -0.1) is 0 Å². The largest absolute Gasteiger partial charge is 0.462 e. The third-order valence-electron chi connectivity index (χ3n) is 1.82. The second kappa shape index (κ2) is 9.33. The summed E-state index contributed by atoms with van der Waals surface area (Å²) in [6.45, 7) is 9.82. The van der Waals surface area contributed by atoms with E-state index in [0.717, 1.165) is 0 Å². The van der Waals surface area contributed by atoms with Crippen LogP contribution in [0.15, 0.2) is 0 Å². The normalized spacial score (nSPS) is 12.1. The first-order chi connectivity index (χ1) is 7.26. The maximum absolute atomic E-state index is 10.7. The predicted octanol–water partition coefficient (Wildman–Crippen LogP) is 1.92. The average molecular weight is 231 g/mol. The number of carbonyl (C=O) groups excluding carboxylic acids is 2. The molecule has 0 fully saturated rings. The molecule has 0 heterocycles. The summed E-state index contributed by atoms with van der Waals surface area (Å²) >= 11 is 0. The Kier molecular flexibility index (Phi) is 10.2. The molecule has 1 atom stereocenters. The van der Waals surface area contributed by atoms with Crippen LogP contribution < -0.4 is 5.32 Å². The molecule has 4 nitrogen and oxygen atoms in total. The zero-order valence-electron chi connectivity index (χ0n) is 11.3. The first-order valence-corrected chi connectivity index (χ1v) is 5.57. The third-order valence-corrected chi connectivity index (χ3v) is 1.82. The first-order valence-electron chi connectivity index (χ1n) is 5.57. The standard InChI is InChI=1S/C7H15NO.C5H10O2/c1-4-7(9)5-6(2)8-3;1-5(2,3)7-4-6/h6,8H,4-5H2,1-3H3;4H,1-3H3. The molecule has 1 N–H and O–H groups in total. The van der Waals surface area contributed by atoms with Crippen LogP contribution in [0.25, 0.3) is 0 Å². The van der Waals surface area contributed by atoms with Crippen molar-refractivity contribution in [2.24, 2.45) is 0 Å². The lowest BCUT2D eigenvalue weighted by atomic mass is 10.1. The van der Waals surface area contributed by atoms with Crippen molar-refractivity contribution in [3.05, 3.63) is 0 Å². The van der Waals surface area contributed by atoms with Crippen LogP contribution in [0, 0.1) is 0 Å². The highest BCUT2D eigenvalue weighted by atomic mass is 16.5. The fourth-order valence-electron chi connectivity index (χ4n) is 0.732. The van der Waals surface area contributed by atoms with Gasteiger partial charge in [0.1, 0.15) is 11.4 Å². The summed E-state index contributed by atoms with van der Waals surface area (Å²) in [4.78, 5) is 20.3. The van der Waals surface area contributed by atoms with Gasteiger partial charge in [-0.3, -0.25) is 9.59 Å². The number of hydrogen-bond acceptors (Lipinski definition) is 4. The van der Waals surface area contributed by atoms with Crippen LogP contribution in [-0.4, -0.2) is 30.9 Å². The van der Waals surface area contributed by atoms with Crippen molar-refractivity contribution >= 4 is 12.3 Å². The van der Waals surface area contributed by atoms with Crippen molar-refractivity contribution in [3.8, 4) is 0 Å². The van der Waals surface area contributed by atoms with Crippen LogP contribution >= 0.6 is 0 Å². The highest BCUT2D eigenvalue weighted by Gasteiger charge is 2.07. The van der Waals surface area contributed by atoms with E-state index < -0.39 is 0 Å². The van der Waals surface area contributed by atoms with Gasteiger partial charge in [0.25, 0.3) is 6.47 Å². The van der Waals surface area contributed by atoms with Crippen molar-refractivity contribution in [1.29, 1.82) is 0 Å². The van der Waals surface area contributed by atoms with Gasteiger partial charge in [0.05, 0.1) is 0 Å². The molecule has 0 aromatic heterocycles. The van der Waals surface area contributed by atoms with Gasteiger partial charge in [-0.25, -0.2) is 0 Å². The fourth-order valence-corrected chi connectivity index (χ4v) is 0.732. The van der Waals surface area contributed by atoms with Crippen molar-refractivity contribution in [1.82, 2.24) is 5.32 Å². The summed E-state index contributed by atoms with van der Waals surface area (Å²) in [5.74, 6) is 0.330. The summed E-state index contributed by atoms with van der Waals surface area (Å²) < 4.78 is 4.55. The summed E-state index contributed by atoms with van der Waals surface area (Å²) in [6, 6.07) is 0.331. The molecule has 0 rings (SSSR count). The lowest BCUT2D eigenvalue weighted by molar-refractivity contribution is -0.138. The number of ether oxygens (including phenoxy) is 1. The van der Waals surface area contributed by atoms with Gasteiger partial charge in [0, 0.05) is 18.9 Å². The summed E-state index contributed by atoms with van der Waals surface area (Å²) in [7, 11) is 1.87. The van der Waals surface area contributed by atoms with Gasteiger partial charge in [0.15, 0.2) is 0 Å². The Hall–Kier alpha value is -0.900. The second-order valence-electron chi connectivity index (χ2n) is 4.61. The number of nitrogens with one attached hydrogen (secondary N) is 1. The molecular formula is C12H25NO3. The lowest BCUT2D eigenvalue weighted by Crippen LogP contribution is -2.24. The number of ketones is 1. The van der Waals surface area contributed by atoms with E-state index in [9.17, 15) is 9.59 Å². The molecule has 0 bridgehead atoms. The van der Waals surface area contributed by atoms with Crippen LogP contribution in [0.4, 0.5) is 0 Å². The molecule has 16 heavy (non-hydrogen) atoms. The van der Waals surface area contributed by atoms with E-state index in [1.165, 1.54) is 0 Å². The number of Topliss-reactive ketones (excluding diaryl/α,β-unsaturated/α-hetero) is 1. The zero-order valence-corrected chi connectivity index (χ0v) is 11.3. The third kappa shape index (κ3) is 15.6. The van der Waals surface area contributed by atoms with Gasteiger partial charge in [-0.1, -0.05) is 6.92 Å². The first kappa shape index (κ1) is 17.5. The van der Waals surface area contributed by atoms with E-state index in [4.69, 9.17) is 0 Å². The van der Waals surface area contributed by atoms with Crippen molar-refractivity contribution in [2.45, 2.75) is 59.1 Å². The maximum atomic E-state index is 10.7. The molecule has 0 radical (unpaired) electrons. The summed E-state index contributed by atoms with van der Waals surface area (Å²) in [5.41, 5.74) is -0.318. The summed E-state index contributed by atoms with van der Waals surface area (Å²) in [6.07, 6.45) is 1.32. The van der Waals surface area contributed by atoms with Crippen LogP contribution in [0.2, 0.25) is 0 Å². The molecule has 0 aromatic carbocycles. The molecule has 96 valence electrons. The zero-order chi connectivity index (χ0) is 13.2. The minimum absolute atomic E-state index is 0.318. The SMILES string of the molecule is CC(C)(C)OC=O.CCC(=O)CC(C)NC. The van der Waals surface area contributed by atoms with Gasteiger partial charge in [0.2, 0.25) is 0 Å². The Labute approximate surface area is 98.7 Å². The van der Waals surface area contributed by atoms with E-state index in [0.29, 0.717) is 31.1 Å². The number of carbonyl (C=O) groups is 2. The quantitative estimate of drug-likeness (QED) is 0.734. The Morgan fingerprint density at radius 3 is 2.12 bits per heavy atom. The smallest absolute Gasteiger partial charge is 0.293 e. The molecule has 1 unspecified atom stereocenters. The molecule has 0 aromatic rings. The molecule has 0 amide bonds. The van der Waals surface area contributed by atoms with Gasteiger partial charge in [-0.05, 0) is 34.7 Å². The lowest BCUT2D eigenvalue weighted by Gasteiger charge is -2.14. The molecule has 0 saturated carbocycles. The van der Waals surface area contributed by atoms with E-state index >= 15 is 0 Å². The van der Waals surface area contributed by atoms with Crippen LogP contribution in [0.3, 0.4) is 0 Å². The molecular weight excluding hydrogens is 206 g/mol. The highest BCUT2D eigenvalue weighted by molar-refractivity contribution is 5.78. The van der Waals surface area contributed by atoms with Gasteiger partial charge in [-0.2, -0.15) is 0 Å². The Morgan fingerprint density at radius 2 is 1.94 bits per heavy atom.